The van der Waals surface area contributed by atoms with Crippen molar-refractivity contribution in [3.63, 3.8) is 0 Å². The summed E-state index contributed by atoms with van der Waals surface area (Å²) in [5.41, 5.74) is 2.58. The molecule has 1 saturated heterocycles. The SMILES string of the molecule is Cc1ccnc([C@@H](NC2CCN(CC(C)C)CC2)C2CC2)c1. The predicted octanol–water partition coefficient (Wildman–Crippen LogP) is 3.55. The van der Waals surface area contributed by atoms with Gasteiger partial charge in [-0.3, -0.25) is 4.98 Å². The summed E-state index contributed by atoms with van der Waals surface area (Å²) in [5, 5.41) is 3.95. The Morgan fingerprint density at radius 2 is 1.95 bits per heavy atom. The topological polar surface area (TPSA) is 28.2 Å². The number of likely N-dealkylation sites (tertiary alicyclic amines) is 1. The van der Waals surface area contributed by atoms with Crippen LogP contribution in [0.2, 0.25) is 0 Å². The van der Waals surface area contributed by atoms with E-state index in [0.29, 0.717) is 12.1 Å². The van der Waals surface area contributed by atoms with Crippen LogP contribution in [0.4, 0.5) is 0 Å². The Morgan fingerprint density at radius 1 is 1.23 bits per heavy atom. The molecule has 0 amide bonds. The van der Waals surface area contributed by atoms with Crippen molar-refractivity contribution in [1.29, 1.82) is 0 Å². The smallest absolute Gasteiger partial charge is 0.0578 e. The molecule has 0 radical (unpaired) electrons. The fourth-order valence-electron chi connectivity index (χ4n) is 3.67. The molecule has 1 aliphatic heterocycles. The minimum Gasteiger partial charge on any atom is -0.306 e. The molecule has 2 fully saturated rings. The third kappa shape index (κ3) is 4.30. The van der Waals surface area contributed by atoms with E-state index < -0.39 is 0 Å². The van der Waals surface area contributed by atoms with Gasteiger partial charge in [0.2, 0.25) is 0 Å². The first kappa shape index (κ1) is 15.9. The van der Waals surface area contributed by atoms with Crippen LogP contribution in [0.5, 0.6) is 0 Å². The van der Waals surface area contributed by atoms with E-state index >= 15 is 0 Å². The van der Waals surface area contributed by atoms with E-state index in [1.54, 1.807) is 0 Å². The molecule has 1 aromatic heterocycles. The molecule has 1 N–H and O–H groups in total. The molecule has 0 bridgehead atoms. The molecule has 1 aromatic rings. The highest BCUT2D eigenvalue weighted by Gasteiger charge is 2.35. The number of pyridine rings is 1. The number of hydrogen-bond acceptors (Lipinski definition) is 3. The van der Waals surface area contributed by atoms with Crippen LogP contribution in [0.25, 0.3) is 0 Å². The summed E-state index contributed by atoms with van der Waals surface area (Å²) < 4.78 is 0. The van der Waals surface area contributed by atoms with Crippen LogP contribution >= 0.6 is 0 Å². The summed E-state index contributed by atoms with van der Waals surface area (Å²) in [7, 11) is 0. The maximum atomic E-state index is 4.65. The average Bonchev–Trinajstić information content (AvgIpc) is 3.30. The number of hydrogen-bond donors (Lipinski definition) is 1. The van der Waals surface area contributed by atoms with E-state index in [1.807, 2.05) is 6.20 Å². The maximum absolute atomic E-state index is 4.65. The van der Waals surface area contributed by atoms with E-state index in [4.69, 9.17) is 0 Å². The first-order valence-electron chi connectivity index (χ1n) is 9.03. The van der Waals surface area contributed by atoms with Gasteiger partial charge in [-0.25, -0.2) is 0 Å². The number of piperidine rings is 1. The lowest BCUT2D eigenvalue weighted by molar-refractivity contribution is 0.171. The van der Waals surface area contributed by atoms with Crippen LogP contribution in [-0.2, 0) is 0 Å². The molecule has 22 heavy (non-hydrogen) atoms. The molecule has 2 aliphatic rings. The van der Waals surface area contributed by atoms with Crippen molar-refractivity contribution in [2.45, 2.75) is 58.5 Å². The van der Waals surface area contributed by atoms with Gasteiger partial charge in [-0.05, 0) is 75.2 Å². The molecule has 0 spiro atoms. The van der Waals surface area contributed by atoms with E-state index in [-0.39, 0.29) is 0 Å². The predicted molar refractivity (Wildman–Crippen MR) is 91.9 cm³/mol. The van der Waals surface area contributed by atoms with Gasteiger partial charge in [-0.15, -0.1) is 0 Å². The Hall–Kier alpha value is -0.930. The Morgan fingerprint density at radius 3 is 2.55 bits per heavy atom. The lowest BCUT2D eigenvalue weighted by Gasteiger charge is -2.35. The monoisotopic (exact) mass is 301 g/mol. The normalized spacial score (nSPS) is 22.2. The molecule has 1 saturated carbocycles. The van der Waals surface area contributed by atoms with Crippen molar-refractivity contribution in [3.05, 3.63) is 29.6 Å². The quantitative estimate of drug-likeness (QED) is 0.871. The maximum Gasteiger partial charge on any atom is 0.0578 e. The van der Waals surface area contributed by atoms with E-state index in [2.05, 4.69) is 48.1 Å². The molecule has 122 valence electrons. The molecule has 1 atom stereocenters. The Labute approximate surface area is 135 Å². The lowest BCUT2D eigenvalue weighted by atomic mass is 9.99. The molecule has 0 unspecified atom stereocenters. The van der Waals surface area contributed by atoms with Crippen molar-refractivity contribution in [2.24, 2.45) is 11.8 Å². The van der Waals surface area contributed by atoms with Gasteiger partial charge in [0, 0.05) is 18.8 Å². The highest BCUT2D eigenvalue weighted by Crippen LogP contribution is 2.41. The summed E-state index contributed by atoms with van der Waals surface area (Å²) in [6.07, 6.45) is 7.25. The fourth-order valence-corrected chi connectivity index (χ4v) is 3.67. The van der Waals surface area contributed by atoms with Crippen LogP contribution in [0.1, 0.15) is 56.8 Å². The first-order chi connectivity index (χ1) is 10.6. The molecular weight excluding hydrogens is 270 g/mol. The van der Waals surface area contributed by atoms with Crippen LogP contribution in [0.3, 0.4) is 0 Å². The van der Waals surface area contributed by atoms with Crippen molar-refractivity contribution in [2.75, 3.05) is 19.6 Å². The van der Waals surface area contributed by atoms with Gasteiger partial charge in [0.05, 0.1) is 11.7 Å². The zero-order chi connectivity index (χ0) is 15.5. The van der Waals surface area contributed by atoms with Crippen molar-refractivity contribution in [1.82, 2.24) is 15.2 Å². The van der Waals surface area contributed by atoms with Gasteiger partial charge < -0.3 is 10.2 Å². The average molecular weight is 301 g/mol. The third-order valence-corrected chi connectivity index (χ3v) is 4.97. The van der Waals surface area contributed by atoms with Crippen molar-refractivity contribution < 1.29 is 0 Å². The minimum atomic E-state index is 0.474. The van der Waals surface area contributed by atoms with Crippen LogP contribution in [0, 0.1) is 18.8 Å². The zero-order valence-electron chi connectivity index (χ0n) is 14.4. The Bertz CT molecular complexity index is 473. The Kier molecular flexibility index (Phi) is 5.14. The summed E-state index contributed by atoms with van der Waals surface area (Å²) in [5.74, 6) is 1.59. The number of aromatic nitrogens is 1. The second kappa shape index (κ2) is 7.10. The highest BCUT2D eigenvalue weighted by atomic mass is 15.1. The molecule has 1 aliphatic carbocycles. The van der Waals surface area contributed by atoms with E-state index in [1.165, 1.54) is 56.6 Å². The van der Waals surface area contributed by atoms with Gasteiger partial charge in [-0.1, -0.05) is 13.8 Å². The third-order valence-electron chi connectivity index (χ3n) is 4.97. The van der Waals surface area contributed by atoms with Crippen molar-refractivity contribution in [3.8, 4) is 0 Å². The molecule has 2 heterocycles. The van der Waals surface area contributed by atoms with Gasteiger partial charge in [-0.2, -0.15) is 0 Å². The summed E-state index contributed by atoms with van der Waals surface area (Å²) in [4.78, 5) is 7.27. The largest absolute Gasteiger partial charge is 0.306 e. The van der Waals surface area contributed by atoms with Gasteiger partial charge in [0.25, 0.3) is 0 Å². The highest BCUT2D eigenvalue weighted by molar-refractivity contribution is 5.19. The molecular formula is C19H31N3. The summed E-state index contributed by atoms with van der Waals surface area (Å²) in [6.45, 7) is 10.5. The molecule has 3 rings (SSSR count). The molecule has 3 heteroatoms. The van der Waals surface area contributed by atoms with Crippen LogP contribution < -0.4 is 5.32 Å². The second-order valence-electron chi connectivity index (χ2n) is 7.71. The zero-order valence-corrected chi connectivity index (χ0v) is 14.4. The van der Waals surface area contributed by atoms with E-state index in [9.17, 15) is 0 Å². The number of aryl methyl sites for hydroxylation is 1. The van der Waals surface area contributed by atoms with Crippen LogP contribution in [-0.4, -0.2) is 35.6 Å². The van der Waals surface area contributed by atoms with Crippen LogP contribution in [0.15, 0.2) is 18.3 Å². The number of rotatable bonds is 6. The van der Waals surface area contributed by atoms with Gasteiger partial charge in [0.1, 0.15) is 0 Å². The van der Waals surface area contributed by atoms with Gasteiger partial charge >= 0.3 is 0 Å². The second-order valence-corrected chi connectivity index (χ2v) is 7.71. The summed E-state index contributed by atoms with van der Waals surface area (Å²) in [6, 6.07) is 5.50. The fraction of sp³-hybridized carbons (Fsp3) is 0.737. The minimum absolute atomic E-state index is 0.474. The van der Waals surface area contributed by atoms with E-state index in [0.717, 1.165) is 11.8 Å². The first-order valence-corrected chi connectivity index (χ1v) is 9.03. The van der Waals surface area contributed by atoms with Gasteiger partial charge in [0.15, 0.2) is 0 Å². The molecule has 3 nitrogen and oxygen atoms in total. The lowest BCUT2D eigenvalue weighted by Crippen LogP contribution is -2.45. The van der Waals surface area contributed by atoms with Crippen molar-refractivity contribution >= 4 is 0 Å². The molecule has 0 aromatic carbocycles. The standard InChI is InChI=1S/C19H31N3/c1-14(2)13-22-10-7-17(8-11-22)21-19(16-4-5-16)18-12-15(3)6-9-20-18/h6,9,12,14,16-17,19,21H,4-5,7-8,10-11,13H2,1-3H3/t19-/m0/s1. The number of nitrogens with one attached hydrogen (secondary N) is 1. The Balaban J connectivity index is 1.57. The number of nitrogens with zero attached hydrogens (tertiary/aromatic N) is 2. The summed E-state index contributed by atoms with van der Waals surface area (Å²) >= 11 is 0.